The highest BCUT2D eigenvalue weighted by atomic mass is 19.1. The van der Waals surface area contributed by atoms with E-state index in [9.17, 15) is 4.39 Å². The van der Waals surface area contributed by atoms with Gasteiger partial charge in [-0.2, -0.15) is 0 Å². The average Bonchev–Trinajstić information content (AvgIpc) is 2.29. The minimum Gasteiger partial charge on any atom is -0.494 e. The summed E-state index contributed by atoms with van der Waals surface area (Å²) in [5, 5.41) is 3.36. The summed E-state index contributed by atoms with van der Waals surface area (Å²) in [6.45, 7) is 5.15. The summed E-state index contributed by atoms with van der Waals surface area (Å²) in [7, 11) is 1.47. The van der Waals surface area contributed by atoms with Crippen LogP contribution < -0.4 is 10.1 Å². The fourth-order valence-corrected chi connectivity index (χ4v) is 1.57. The maximum atomic E-state index is 13.4. The van der Waals surface area contributed by atoms with Gasteiger partial charge in [0.05, 0.1) is 7.11 Å². The van der Waals surface area contributed by atoms with Crippen LogP contribution in [0.1, 0.15) is 38.3 Å². The molecule has 0 radical (unpaired) electrons. The number of halogens is 1. The van der Waals surface area contributed by atoms with Crippen LogP contribution in [0.3, 0.4) is 0 Å². The molecule has 0 unspecified atom stereocenters. The van der Waals surface area contributed by atoms with E-state index in [-0.39, 0.29) is 11.9 Å². The Morgan fingerprint density at radius 1 is 1.44 bits per heavy atom. The molecule has 3 heteroatoms. The molecule has 1 aromatic rings. The number of unbranched alkanes of at least 4 members (excludes halogenated alkanes) is 1. The lowest BCUT2D eigenvalue weighted by Crippen LogP contribution is -2.19. The maximum Gasteiger partial charge on any atom is 0.165 e. The molecule has 16 heavy (non-hydrogen) atoms. The number of benzene rings is 1. The van der Waals surface area contributed by atoms with Crippen LogP contribution in [0.4, 0.5) is 4.39 Å². The van der Waals surface area contributed by atoms with E-state index in [4.69, 9.17) is 4.74 Å². The number of rotatable bonds is 6. The fourth-order valence-electron chi connectivity index (χ4n) is 1.57. The third kappa shape index (κ3) is 3.49. The monoisotopic (exact) mass is 225 g/mol. The smallest absolute Gasteiger partial charge is 0.165 e. The van der Waals surface area contributed by atoms with Crippen LogP contribution in [0.5, 0.6) is 5.75 Å². The van der Waals surface area contributed by atoms with E-state index in [1.807, 2.05) is 13.0 Å². The highest BCUT2D eigenvalue weighted by Crippen LogP contribution is 2.21. The van der Waals surface area contributed by atoms with Gasteiger partial charge in [-0.1, -0.05) is 19.4 Å². The fraction of sp³-hybridized carbons (Fsp3) is 0.538. The normalized spacial score (nSPS) is 12.5. The van der Waals surface area contributed by atoms with E-state index in [0.29, 0.717) is 5.75 Å². The van der Waals surface area contributed by atoms with Gasteiger partial charge in [0.2, 0.25) is 0 Å². The molecule has 0 amide bonds. The van der Waals surface area contributed by atoms with Gasteiger partial charge in [-0.15, -0.1) is 0 Å². The van der Waals surface area contributed by atoms with Crippen molar-refractivity contribution in [2.75, 3.05) is 13.7 Å². The van der Waals surface area contributed by atoms with Crippen molar-refractivity contribution in [3.8, 4) is 5.75 Å². The first-order chi connectivity index (χ1) is 7.69. The largest absolute Gasteiger partial charge is 0.494 e. The van der Waals surface area contributed by atoms with Crippen LogP contribution in [-0.4, -0.2) is 13.7 Å². The Morgan fingerprint density at radius 2 is 2.19 bits per heavy atom. The molecule has 0 aliphatic rings. The lowest BCUT2D eigenvalue weighted by atomic mass is 10.1. The van der Waals surface area contributed by atoms with Gasteiger partial charge in [-0.05, 0) is 37.6 Å². The lowest BCUT2D eigenvalue weighted by molar-refractivity contribution is 0.385. The molecule has 2 nitrogen and oxygen atoms in total. The van der Waals surface area contributed by atoms with Crippen molar-refractivity contribution in [2.24, 2.45) is 0 Å². The molecule has 0 saturated carbocycles. The standard InChI is InChI=1S/C13H20FNO/c1-4-5-8-15-10(2)11-6-7-13(16-3)12(14)9-11/h6-7,9-10,15H,4-5,8H2,1-3H3/t10-/m1/s1. The van der Waals surface area contributed by atoms with E-state index in [2.05, 4.69) is 12.2 Å². The number of methoxy groups -OCH3 is 1. The first-order valence-electron chi connectivity index (χ1n) is 5.75. The molecule has 1 atom stereocenters. The predicted octanol–water partition coefficient (Wildman–Crippen LogP) is 3.29. The molecule has 90 valence electrons. The molecular weight excluding hydrogens is 205 g/mol. The molecule has 0 aliphatic heterocycles. The summed E-state index contributed by atoms with van der Waals surface area (Å²) < 4.78 is 18.3. The predicted molar refractivity (Wildman–Crippen MR) is 64.3 cm³/mol. The van der Waals surface area contributed by atoms with Gasteiger partial charge in [-0.3, -0.25) is 0 Å². The molecule has 1 aromatic carbocycles. The molecule has 0 spiro atoms. The quantitative estimate of drug-likeness (QED) is 0.750. The van der Waals surface area contributed by atoms with Gasteiger partial charge in [0.1, 0.15) is 0 Å². The molecule has 0 aliphatic carbocycles. The van der Waals surface area contributed by atoms with E-state index in [1.54, 1.807) is 6.07 Å². The molecule has 0 aromatic heterocycles. The maximum absolute atomic E-state index is 13.4. The van der Waals surface area contributed by atoms with Gasteiger partial charge in [0.15, 0.2) is 11.6 Å². The van der Waals surface area contributed by atoms with Crippen LogP contribution >= 0.6 is 0 Å². The van der Waals surface area contributed by atoms with Crippen molar-refractivity contribution in [3.63, 3.8) is 0 Å². The van der Waals surface area contributed by atoms with E-state index in [0.717, 1.165) is 24.9 Å². The van der Waals surface area contributed by atoms with Crippen molar-refractivity contribution in [3.05, 3.63) is 29.6 Å². The first-order valence-corrected chi connectivity index (χ1v) is 5.75. The topological polar surface area (TPSA) is 21.3 Å². The summed E-state index contributed by atoms with van der Waals surface area (Å²) >= 11 is 0. The highest BCUT2D eigenvalue weighted by Gasteiger charge is 2.08. The van der Waals surface area contributed by atoms with Crippen molar-refractivity contribution >= 4 is 0 Å². The Kier molecular flexibility index (Phi) is 5.26. The molecule has 0 saturated heterocycles. The van der Waals surface area contributed by atoms with Crippen molar-refractivity contribution < 1.29 is 9.13 Å². The zero-order valence-electron chi connectivity index (χ0n) is 10.2. The Bertz CT molecular complexity index is 328. The average molecular weight is 225 g/mol. The molecule has 1 N–H and O–H groups in total. The Balaban J connectivity index is 2.62. The van der Waals surface area contributed by atoms with E-state index < -0.39 is 0 Å². The second-order valence-corrected chi connectivity index (χ2v) is 3.92. The summed E-state index contributed by atoms with van der Waals surface area (Å²) in [6.07, 6.45) is 2.31. The van der Waals surface area contributed by atoms with Crippen molar-refractivity contribution in [1.29, 1.82) is 0 Å². The van der Waals surface area contributed by atoms with E-state index in [1.165, 1.54) is 13.2 Å². The van der Waals surface area contributed by atoms with Gasteiger partial charge in [0.25, 0.3) is 0 Å². The third-order valence-corrected chi connectivity index (χ3v) is 2.66. The van der Waals surface area contributed by atoms with Crippen LogP contribution in [0, 0.1) is 5.82 Å². The molecular formula is C13H20FNO. The summed E-state index contributed by atoms with van der Waals surface area (Å²) in [5.41, 5.74) is 0.953. The zero-order valence-corrected chi connectivity index (χ0v) is 10.2. The minimum absolute atomic E-state index is 0.173. The second-order valence-electron chi connectivity index (χ2n) is 3.92. The lowest BCUT2D eigenvalue weighted by Gasteiger charge is -2.14. The summed E-state index contributed by atoms with van der Waals surface area (Å²) in [4.78, 5) is 0. The molecule has 0 fully saturated rings. The van der Waals surface area contributed by atoms with Gasteiger partial charge in [0, 0.05) is 6.04 Å². The zero-order chi connectivity index (χ0) is 12.0. The van der Waals surface area contributed by atoms with Gasteiger partial charge >= 0.3 is 0 Å². The third-order valence-electron chi connectivity index (χ3n) is 2.66. The molecule has 0 bridgehead atoms. The van der Waals surface area contributed by atoms with Crippen LogP contribution in [0.15, 0.2) is 18.2 Å². The van der Waals surface area contributed by atoms with Gasteiger partial charge in [-0.25, -0.2) is 4.39 Å². The molecule has 1 rings (SSSR count). The molecule has 0 heterocycles. The number of hydrogen-bond donors (Lipinski definition) is 1. The number of ether oxygens (including phenoxy) is 1. The SMILES string of the molecule is CCCCN[C@H](C)c1ccc(OC)c(F)c1. The summed E-state index contributed by atoms with van der Waals surface area (Å²) in [6, 6.07) is 5.27. The Morgan fingerprint density at radius 3 is 2.75 bits per heavy atom. The Hall–Kier alpha value is -1.09. The van der Waals surface area contributed by atoms with Crippen LogP contribution in [0.2, 0.25) is 0 Å². The summed E-state index contributed by atoms with van der Waals surface area (Å²) in [5.74, 6) is -0.00588. The first kappa shape index (κ1) is 13.0. The van der Waals surface area contributed by atoms with Gasteiger partial charge < -0.3 is 10.1 Å². The number of nitrogens with one attached hydrogen (secondary N) is 1. The minimum atomic E-state index is -0.302. The second kappa shape index (κ2) is 6.48. The number of hydrogen-bond acceptors (Lipinski definition) is 2. The van der Waals surface area contributed by atoms with E-state index >= 15 is 0 Å². The van der Waals surface area contributed by atoms with Crippen molar-refractivity contribution in [2.45, 2.75) is 32.7 Å². The highest BCUT2D eigenvalue weighted by molar-refractivity contribution is 5.30. The Labute approximate surface area is 96.8 Å². The van der Waals surface area contributed by atoms with Crippen molar-refractivity contribution in [1.82, 2.24) is 5.32 Å². The van der Waals surface area contributed by atoms with Crippen LogP contribution in [-0.2, 0) is 0 Å². The van der Waals surface area contributed by atoms with Crippen LogP contribution in [0.25, 0.3) is 0 Å².